The van der Waals surface area contributed by atoms with Gasteiger partial charge in [0.1, 0.15) is 0 Å². The molecule has 1 aliphatic carbocycles. The molecular weight excluding hydrogens is 390 g/mol. The van der Waals surface area contributed by atoms with Crippen LogP contribution in [-0.2, 0) is 4.74 Å². The van der Waals surface area contributed by atoms with Crippen molar-refractivity contribution in [2.24, 2.45) is 0 Å². The van der Waals surface area contributed by atoms with Gasteiger partial charge in [0.2, 0.25) is 5.95 Å². The molecule has 5 rings (SSSR count). The second kappa shape index (κ2) is 8.32. The van der Waals surface area contributed by atoms with E-state index >= 15 is 0 Å². The number of methoxy groups -OCH3 is 1. The molecule has 1 aromatic carbocycles. The summed E-state index contributed by atoms with van der Waals surface area (Å²) in [6.45, 7) is 2.63. The lowest BCUT2D eigenvalue weighted by Crippen LogP contribution is -2.23. The van der Waals surface area contributed by atoms with Crippen LogP contribution in [0.25, 0.3) is 27.5 Å². The third-order valence-electron chi connectivity index (χ3n) is 6.32. The maximum atomic E-state index is 9.99. The molecule has 0 spiro atoms. The van der Waals surface area contributed by atoms with E-state index in [0.717, 1.165) is 47.8 Å². The Kier molecular flexibility index (Phi) is 5.38. The van der Waals surface area contributed by atoms with E-state index in [1.54, 1.807) is 7.11 Å². The number of H-pyrrole nitrogens is 1. The van der Waals surface area contributed by atoms with Crippen molar-refractivity contribution in [3.05, 3.63) is 48.4 Å². The quantitative estimate of drug-likeness (QED) is 0.433. The van der Waals surface area contributed by atoms with Crippen LogP contribution in [0.1, 0.15) is 44.2 Å². The second-order valence-corrected chi connectivity index (χ2v) is 8.65. The summed E-state index contributed by atoms with van der Waals surface area (Å²) in [6.07, 6.45) is 7.30. The summed E-state index contributed by atoms with van der Waals surface area (Å²) in [5.41, 5.74) is 5.58. The van der Waals surface area contributed by atoms with E-state index in [9.17, 15) is 5.11 Å². The van der Waals surface area contributed by atoms with Crippen LogP contribution < -0.4 is 5.32 Å². The summed E-state index contributed by atoms with van der Waals surface area (Å²) in [5.74, 6) is 0.967. The molecule has 7 nitrogen and oxygen atoms in total. The molecule has 162 valence electrons. The minimum absolute atomic E-state index is 0.112. The molecule has 0 amide bonds. The number of nitrogens with zero attached hydrogens (tertiary/aromatic N) is 3. The lowest BCUT2D eigenvalue weighted by Gasteiger charge is -2.25. The first-order valence-electron chi connectivity index (χ1n) is 11.0. The molecule has 3 heterocycles. The number of aliphatic hydroxyl groups is 1. The average molecular weight is 420 g/mol. The van der Waals surface area contributed by atoms with Crippen molar-refractivity contribution in [1.29, 1.82) is 0 Å². The van der Waals surface area contributed by atoms with Gasteiger partial charge in [0.25, 0.3) is 0 Å². The highest BCUT2D eigenvalue weighted by atomic mass is 16.5. The van der Waals surface area contributed by atoms with Crippen molar-refractivity contribution in [2.75, 3.05) is 19.0 Å². The highest BCUT2D eigenvalue weighted by Gasteiger charge is 2.25. The van der Waals surface area contributed by atoms with Crippen molar-refractivity contribution in [3.63, 3.8) is 0 Å². The topological polar surface area (TPSA) is 87.5 Å². The first-order valence-corrected chi connectivity index (χ1v) is 11.0. The van der Waals surface area contributed by atoms with Gasteiger partial charge in [0.15, 0.2) is 0 Å². The fourth-order valence-electron chi connectivity index (χ4n) is 4.70. The summed E-state index contributed by atoms with van der Waals surface area (Å²) in [6, 6.07) is 10.9. The molecular formula is C24H29N5O2. The fraction of sp³-hybridized carbons (Fsp3) is 0.417. The Hall–Kier alpha value is -2.90. The zero-order valence-electron chi connectivity index (χ0n) is 18.0. The Balaban J connectivity index is 1.60. The monoisotopic (exact) mass is 419 g/mol. The molecule has 0 bridgehead atoms. The molecule has 7 heteroatoms. The number of aliphatic hydroxyl groups excluding tert-OH is 1. The number of fused-ring (bicyclic) bond motifs is 2. The van der Waals surface area contributed by atoms with Crippen LogP contribution in [-0.4, -0.2) is 50.6 Å². The Bertz CT molecular complexity index is 1190. The summed E-state index contributed by atoms with van der Waals surface area (Å²) >= 11 is 0. The largest absolute Gasteiger partial charge is 0.393 e. The van der Waals surface area contributed by atoms with E-state index in [4.69, 9.17) is 9.84 Å². The SMILES string of the molecule is COC[C@H](C)Nc1ncc2c(-c3ccc4cc[nH]c4c3)cc([C@H]3CC[C@H](O)CC3)n2n1. The van der Waals surface area contributed by atoms with Gasteiger partial charge in [-0.05, 0) is 61.8 Å². The van der Waals surface area contributed by atoms with Crippen molar-refractivity contribution < 1.29 is 9.84 Å². The molecule has 1 atom stereocenters. The standard InChI is InChI=1S/C24H29N5O2/c1-15(14-31-2)27-24-26-13-23-20(18-4-3-16-9-10-25-21(16)11-18)12-22(29(23)28-24)17-5-7-19(30)8-6-17/h3-4,9-13,15,17,19,25,30H,5-8,14H2,1-2H3,(H,27,28)/t15-,17-,19-/m0/s1. The third kappa shape index (κ3) is 3.91. The summed E-state index contributed by atoms with van der Waals surface area (Å²) in [4.78, 5) is 7.90. The first-order chi connectivity index (χ1) is 15.1. The zero-order valence-corrected chi connectivity index (χ0v) is 18.0. The van der Waals surface area contributed by atoms with Crippen LogP contribution in [0.3, 0.4) is 0 Å². The zero-order chi connectivity index (χ0) is 21.4. The highest BCUT2D eigenvalue weighted by Crippen LogP contribution is 2.38. The van der Waals surface area contributed by atoms with Crippen LogP contribution in [0.15, 0.2) is 42.7 Å². The molecule has 1 fully saturated rings. The van der Waals surface area contributed by atoms with E-state index in [2.05, 4.69) is 45.6 Å². The predicted molar refractivity (Wildman–Crippen MR) is 122 cm³/mol. The van der Waals surface area contributed by atoms with Crippen LogP contribution in [0.2, 0.25) is 0 Å². The Morgan fingerprint density at radius 1 is 1.23 bits per heavy atom. The molecule has 0 unspecified atom stereocenters. The van der Waals surface area contributed by atoms with E-state index in [-0.39, 0.29) is 12.1 Å². The van der Waals surface area contributed by atoms with Gasteiger partial charge in [0, 0.05) is 42.0 Å². The third-order valence-corrected chi connectivity index (χ3v) is 6.32. The Labute approximate surface area is 181 Å². The first kappa shape index (κ1) is 20.0. The number of rotatable bonds is 6. The van der Waals surface area contributed by atoms with Gasteiger partial charge in [-0.3, -0.25) is 0 Å². The fourth-order valence-corrected chi connectivity index (χ4v) is 4.70. The summed E-state index contributed by atoms with van der Waals surface area (Å²) in [7, 11) is 1.69. The maximum absolute atomic E-state index is 9.99. The maximum Gasteiger partial charge on any atom is 0.241 e. The van der Waals surface area contributed by atoms with Gasteiger partial charge in [-0.2, -0.15) is 0 Å². The van der Waals surface area contributed by atoms with Crippen LogP contribution in [0.5, 0.6) is 0 Å². The van der Waals surface area contributed by atoms with E-state index in [0.29, 0.717) is 18.5 Å². The van der Waals surface area contributed by atoms with Crippen LogP contribution in [0, 0.1) is 0 Å². The smallest absolute Gasteiger partial charge is 0.241 e. The van der Waals surface area contributed by atoms with Crippen molar-refractivity contribution >= 4 is 22.4 Å². The number of hydrogen-bond donors (Lipinski definition) is 3. The normalized spacial score (nSPS) is 20.4. The van der Waals surface area contributed by atoms with Gasteiger partial charge in [-0.25, -0.2) is 9.50 Å². The lowest BCUT2D eigenvalue weighted by atomic mass is 9.85. The number of hydrogen-bond acceptors (Lipinski definition) is 5. The number of aromatic nitrogens is 4. The molecule has 0 radical (unpaired) electrons. The van der Waals surface area contributed by atoms with Crippen molar-refractivity contribution in [2.45, 2.75) is 50.7 Å². The lowest BCUT2D eigenvalue weighted by molar-refractivity contribution is 0.121. The second-order valence-electron chi connectivity index (χ2n) is 8.65. The van der Waals surface area contributed by atoms with Crippen LogP contribution in [0.4, 0.5) is 5.95 Å². The summed E-state index contributed by atoms with van der Waals surface area (Å²) < 4.78 is 7.28. The molecule has 3 N–H and O–H groups in total. The van der Waals surface area contributed by atoms with E-state index in [1.807, 2.05) is 23.8 Å². The number of anilines is 1. The molecule has 0 saturated heterocycles. The molecule has 1 aliphatic rings. The molecule has 0 aliphatic heterocycles. The number of nitrogens with one attached hydrogen (secondary N) is 2. The molecule has 1 saturated carbocycles. The highest BCUT2D eigenvalue weighted by molar-refractivity contribution is 5.89. The minimum atomic E-state index is -0.182. The molecule has 31 heavy (non-hydrogen) atoms. The van der Waals surface area contributed by atoms with Gasteiger partial charge in [0.05, 0.1) is 24.4 Å². The minimum Gasteiger partial charge on any atom is -0.393 e. The van der Waals surface area contributed by atoms with Gasteiger partial charge in [-0.1, -0.05) is 12.1 Å². The predicted octanol–water partition coefficient (Wildman–Crippen LogP) is 4.34. The van der Waals surface area contributed by atoms with Gasteiger partial charge in [-0.15, -0.1) is 5.10 Å². The Morgan fingerprint density at radius 3 is 2.87 bits per heavy atom. The van der Waals surface area contributed by atoms with Gasteiger partial charge >= 0.3 is 0 Å². The van der Waals surface area contributed by atoms with E-state index in [1.165, 1.54) is 11.1 Å². The molecule has 3 aromatic heterocycles. The number of aromatic amines is 1. The molecule has 4 aromatic rings. The summed E-state index contributed by atoms with van der Waals surface area (Å²) in [5, 5.41) is 19.4. The van der Waals surface area contributed by atoms with Crippen molar-refractivity contribution in [3.8, 4) is 11.1 Å². The number of benzene rings is 1. The Morgan fingerprint density at radius 2 is 2.06 bits per heavy atom. The van der Waals surface area contributed by atoms with Crippen LogP contribution >= 0.6 is 0 Å². The number of ether oxygens (including phenoxy) is 1. The van der Waals surface area contributed by atoms with Gasteiger partial charge < -0.3 is 20.1 Å². The van der Waals surface area contributed by atoms with E-state index < -0.39 is 0 Å². The average Bonchev–Trinajstić information content (AvgIpc) is 3.38. The van der Waals surface area contributed by atoms with Crippen molar-refractivity contribution in [1.82, 2.24) is 19.6 Å².